The van der Waals surface area contributed by atoms with Crippen LogP contribution in [0.1, 0.15) is 67.6 Å². The molecule has 3 N–H and O–H groups in total. The number of ether oxygens (including phenoxy) is 4. The van der Waals surface area contributed by atoms with Crippen LogP contribution in [0.5, 0.6) is 17.2 Å². The van der Waals surface area contributed by atoms with E-state index in [4.69, 9.17) is 28.9 Å². The molecule has 1 saturated carbocycles. The topological polar surface area (TPSA) is 183 Å². The molecule has 8 rings (SSSR count). The maximum Gasteiger partial charge on any atom is 0.269 e. The second-order valence-electron chi connectivity index (χ2n) is 18.2. The first kappa shape index (κ1) is 50.7. The zero-order valence-corrected chi connectivity index (χ0v) is 39.9. The molecule has 0 unspecified atom stereocenters. The van der Waals surface area contributed by atoms with Crippen LogP contribution in [0, 0.1) is 27.9 Å². The quantitative estimate of drug-likeness (QED) is 0.0166. The molecular formula is C57H63N3O11. The summed E-state index contributed by atoms with van der Waals surface area (Å²) in [6.45, 7) is 4.42. The fourth-order valence-corrected chi connectivity index (χ4v) is 10.6. The van der Waals surface area contributed by atoms with Gasteiger partial charge in [-0.1, -0.05) is 90.8 Å². The molecule has 14 heteroatoms. The molecule has 5 aromatic rings. The highest BCUT2D eigenvalue weighted by molar-refractivity contribution is 6.03. The van der Waals surface area contributed by atoms with Gasteiger partial charge in [-0.2, -0.15) is 0 Å². The van der Waals surface area contributed by atoms with Gasteiger partial charge in [0.05, 0.1) is 43.0 Å². The Bertz CT molecular complexity index is 2690. The van der Waals surface area contributed by atoms with E-state index in [2.05, 4.69) is 30.9 Å². The minimum Gasteiger partial charge on any atom is -0.459 e. The van der Waals surface area contributed by atoms with Crippen LogP contribution in [-0.4, -0.2) is 94.8 Å². The van der Waals surface area contributed by atoms with E-state index in [-0.39, 0.29) is 82.7 Å². The number of nitro benzene ring substituents is 1. The molecule has 0 radical (unpaired) electrons. The fourth-order valence-electron chi connectivity index (χ4n) is 10.6. The first-order chi connectivity index (χ1) is 34.8. The summed E-state index contributed by atoms with van der Waals surface area (Å²) in [5.41, 5.74) is 3.86. The van der Waals surface area contributed by atoms with Crippen molar-refractivity contribution in [2.24, 2.45) is 22.9 Å². The van der Waals surface area contributed by atoms with Gasteiger partial charge in [0, 0.05) is 55.9 Å². The average molecular weight is 966 g/mol. The highest BCUT2D eigenvalue weighted by Crippen LogP contribution is 2.62. The summed E-state index contributed by atoms with van der Waals surface area (Å²) in [7, 11) is 0. The van der Waals surface area contributed by atoms with Crippen LogP contribution in [0.2, 0.25) is 0 Å². The molecule has 0 bridgehead atoms. The molecule has 0 aromatic heterocycles. The lowest BCUT2D eigenvalue weighted by molar-refractivity contribution is -0.384. The highest BCUT2D eigenvalue weighted by atomic mass is 16.7. The van der Waals surface area contributed by atoms with Gasteiger partial charge in [-0.25, -0.2) is 0 Å². The first-order valence-corrected chi connectivity index (χ1v) is 24.6. The zero-order valence-electron chi connectivity index (χ0n) is 39.9. The number of aliphatic hydroxyl groups excluding tert-OH is 3. The van der Waals surface area contributed by atoms with Crippen molar-refractivity contribution in [1.29, 1.82) is 0 Å². The number of allylic oxidation sites excluding steroid dienone is 1. The smallest absolute Gasteiger partial charge is 0.269 e. The van der Waals surface area contributed by atoms with Crippen molar-refractivity contribution < 1.29 is 48.8 Å². The number of aliphatic hydroxyl groups is 3. The Morgan fingerprint density at radius 3 is 2.34 bits per heavy atom. The number of non-ortho nitro benzene ring substituents is 1. The predicted molar refractivity (Wildman–Crippen MR) is 272 cm³/mol. The Labute approximate surface area is 414 Å². The number of fused-ring (bicyclic) bond motifs is 3. The minimum absolute atomic E-state index is 0.00901. The summed E-state index contributed by atoms with van der Waals surface area (Å²) >= 11 is 0. The lowest BCUT2D eigenvalue weighted by Crippen LogP contribution is -2.70. The molecule has 1 fully saturated rings. The summed E-state index contributed by atoms with van der Waals surface area (Å²) in [4.78, 5) is 33.9. The van der Waals surface area contributed by atoms with Gasteiger partial charge < -0.3 is 44.0 Å². The van der Waals surface area contributed by atoms with Crippen LogP contribution < -0.4 is 9.47 Å². The van der Waals surface area contributed by atoms with Crippen LogP contribution in [0.15, 0.2) is 151 Å². The van der Waals surface area contributed by atoms with Crippen molar-refractivity contribution in [3.8, 4) is 17.2 Å². The third kappa shape index (κ3) is 11.9. The number of benzene rings is 5. The number of unbranched alkanes of at least 4 members (excludes halogenated alkanes) is 2. The van der Waals surface area contributed by atoms with E-state index in [1.165, 1.54) is 18.2 Å². The molecule has 71 heavy (non-hydrogen) atoms. The van der Waals surface area contributed by atoms with Crippen LogP contribution in [0.4, 0.5) is 5.69 Å². The van der Waals surface area contributed by atoms with E-state index in [1.54, 1.807) is 29.2 Å². The van der Waals surface area contributed by atoms with Gasteiger partial charge in [-0.05, 0) is 114 Å². The van der Waals surface area contributed by atoms with E-state index in [9.17, 15) is 25.4 Å². The summed E-state index contributed by atoms with van der Waals surface area (Å²) < 4.78 is 27.1. The summed E-state index contributed by atoms with van der Waals surface area (Å²) in [6.07, 6.45) is 11.5. The molecule has 0 spiro atoms. The Morgan fingerprint density at radius 1 is 0.859 bits per heavy atom. The van der Waals surface area contributed by atoms with Gasteiger partial charge >= 0.3 is 0 Å². The van der Waals surface area contributed by atoms with Crippen molar-refractivity contribution in [1.82, 2.24) is 4.90 Å². The number of hydrogen-bond acceptors (Lipinski definition) is 12. The number of rotatable bonds is 25. The first-order valence-electron chi connectivity index (χ1n) is 24.6. The van der Waals surface area contributed by atoms with Gasteiger partial charge in [0.25, 0.3) is 5.69 Å². The van der Waals surface area contributed by atoms with Crippen molar-refractivity contribution in [2.45, 2.75) is 69.3 Å². The third-order valence-corrected chi connectivity index (χ3v) is 13.7. The second kappa shape index (κ2) is 24.4. The molecule has 2 aliphatic carbocycles. The van der Waals surface area contributed by atoms with Crippen molar-refractivity contribution in [2.75, 3.05) is 46.2 Å². The molecule has 1 heterocycles. The second-order valence-corrected chi connectivity index (χ2v) is 18.2. The lowest BCUT2D eigenvalue weighted by atomic mass is 9.55. The van der Waals surface area contributed by atoms with Gasteiger partial charge in [0.1, 0.15) is 29.9 Å². The lowest BCUT2D eigenvalue weighted by Gasteiger charge is -2.60. The number of carbonyl (C=O) groups is 1. The number of nitro groups is 1. The largest absolute Gasteiger partial charge is 0.459 e. The number of oxime groups is 1. The van der Waals surface area contributed by atoms with Gasteiger partial charge in [-0.15, -0.1) is 6.58 Å². The van der Waals surface area contributed by atoms with Crippen LogP contribution in [-0.2, 0) is 25.7 Å². The molecule has 3 aliphatic rings. The molecule has 0 saturated heterocycles. The molecule has 1 aliphatic heterocycles. The normalized spacial score (nSPS) is 21.8. The fraction of sp³-hybridized carbons (Fsp3) is 0.368. The van der Waals surface area contributed by atoms with Gasteiger partial charge in [0.15, 0.2) is 0 Å². The van der Waals surface area contributed by atoms with Crippen LogP contribution >= 0.6 is 0 Å². The maximum atomic E-state index is 15.0. The van der Waals surface area contributed by atoms with E-state index in [0.717, 1.165) is 53.2 Å². The standard InChI is InChI=1S/C57H63N3O11/c1-2-32-68-57-53(59(28-33-67-34-31-63)54(64)27-20-40-18-22-45(23-19-40)60(65)66)38-51(58-69-39-41-12-4-3-5-13-41)49-36-44(16-8-10-29-61)48(17-9-11-30-62)55(56(49)57)50-37-47(25-26-52(50)71-57)70-46-24-21-42-14-6-7-15-43(42)35-46/h2-7,12-15,18-27,35-37,44,48,53,55-56,61-63H,1,8-11,16-17,28-34,38-39H2/t44-,48+,53-,55+,56+,57+/m0/s1. The Balaban J connectivity index is 1.31. The number of nitrogens with zero attached hydrogens (tertiary/aromatic N) is 3. The summed E-state index contributed by atoms with van der Waals surface area (Å²) in [6, 6.07) is 34.8. The van der Waals surface area contributed by atoms with Crippen molar-refractivity contribution in [3.05, 3.63) is 172 Å². The Morgan fingerprint density at radius 2 is 1.59 bits per heavy atom. The summed E-state index contributed by atoms with van der Waals surface area (Å²) in [5.74, 6) is -0.982. The number of hydrogen-bond donors (Lipinski definition) is 3. The maximum absolute atomic E-state index is 15.0. The van der Waals surface area contributed by atoms with Crippen LogP contribution in [0.3, 0.4) is 0 Å². The monoisotopic (exact) mass is 965 g/mol. The Hall–Kier alpha value is -6.68. The highest BCUT2D eigenvalue weighted by Gasteiger charge is 2.65. The molecule has 14 nitrogen and oxygen atoms in total. The molecule has 6 atom stereocenters. The minimum atomic E-state index is -1.55. The van der Waals surface area contributed by atoms with E-state index >= 15 is 4.79 Å². The molecule has 5 aromatic carbocycles. The molecule has 372 valence electrons. The number of amides is 1. The van der Waals surface area contributed by atoms with Gasteiger partial charge in [-0.3, -0.25) is 14.9 Å². The molecule has 1 amide bonds. The predicted octanol–water partition coefficient (Wildman–Crippen LogP) is 9.93. The van der Waals surface area contributed by atoms with E-state index in [1.807, 2.05) is 72.8 Å². The van der Waals surface area contributed by atoms with Crippen molar-refractivity contribution >= 4 is 34.2 Å². The summed E-state index contributed by atoms with van der Waals surface area (Å²) in [5, 5.41) is 48.3. The van der Waals surface area contributed by atoms with Crippen LogP contribution in [0.25, 0.3) is 16.8 Å². The van der Waals surface area contributed by atoms with E-state index < -0.39 is 28.6 Å². The number of carbonyl (C=O) groups excluding carboxylic acids is 1. The third-order valence-electron chi connectivity index (χ3n) is 13.7. The Kier molecular flexibility index (Phi) is 17.4. The van der Waals surface area contributed by atoms with Crippen molar-refractivity contribution in [3.63, 3.8) is 0 Å². The van der Waals surface area contributed by atoms with E-state index in [0.29, 0.717) is 41.4 Å². The zero-order chi connectivity index (χ0) is 49.6. The average Bonchev–Trinajstić information content (AvgIpc) is 3.39. The SMILES string of the molecule is C=CCO[C@@]12Oc3ccc(Oc4ccc5ccccc5c4)cc3[C@H]3[C@H](CCCCO)[C@@H](CCCCO)C=C(C(=NOCc4ccccc4)C[C@@H]1N(CCOCCO)C(=O)C=Cc1ccc([N+](=O)[O-])cc1)[C@H]32. The van der Waals surface area contributed by atoms with Gasteiger partial charge in [0.2, 0.25) is 11.7 Å². The molecular weight excluding hydrogens is 903 g/mol.